The third-order valence-corrected chi connectivity index (χ3v) is 5.09. The van der Waals surface area contributed by atoms with Gasteiger partial charge >= 0.3 is 0 Å². The molecule has 0 saturated heterocycles. The van der Waals surface area contributed by atoms with Crippen molar-refractivity contribution >= 4 is 11.4 Å². The summed E-state index contributed by atoms with van der Waals surface area (Å²) in [5.41, 5.74) is 17.4. The minimum atomic E-state index is 0.0192. The summed E-state index contributed by atoms with van der Waals surface area (Å²) in [5.74, 6) is 1.43. The monoisotopic (exact) mass is 256 g/mol. The van der Waals surface area contributed by atoms with Gasteiger partial charge in [0.05, 0.1) is 11.4 Å². The summed E-state index contributed by atoms with van der Waals surface area (Å²) in [7, 11) is 0. The molecule has 1 saturated carbocycles. The van der Waals surface area contributed by atoms with Crippen molar-refractivity contribution in [1.29, 1.82) is 0 Å². The van der Waals surface area contributed by atoms with E-state index < -0.39 is 0 Å². The first-order valence-electron chi connectivity index (χ1n) is 7.30. The Morgan fingerprint density at radius 2 is 1.79 bits per heavy atom. The van der Waals surface area contributed by atoms with E-state index in [0.717, 1.165) is 5.92 Å². The van der Waals surface area contributed by atoms with E-state index in [1.54, 1.807) is 0 Å². The van der Waals surface area contributed by atoms with Crippen LogP contribution in [-0.2, 0) is 5.41 Å². The summed E-state index contributed by atoms with van der Waals surface area (Å²) >= 11 is 0. The molecule has 19 heavy (non-hydrogen) atoms. The van der Waals surface area contributed by atoms with Crippen LogP contribution in [0.4, 0.5) is 11.4 Å². The van der Waals surface area contributed by atoms with Crippen molar-refractivity contribution in [3.05, 3.63) is 35.4 Å². The summed E-state index contributed by atoms with van der Waals surface area (Å²) in [4.78, 5) is 0. The van der Waals surface area contributed by atoms with Crippen LogP contribution >= 0.6 is 0 Å². The fourth-order valence-corrected chi connectivity index (χ4v) is 3.42. The summed E-state index contributed by atoms with van der Waals surface area (Å²) in [6, 6.07) is 4.15. The molecule has 0 aliphatic heterocycles. The van der Waals surface area contributed by atoms with Gasteiger partial charge in [-0.25, -0.2) is 0 Å². The number of anilines is 2. The number of hydrogen-bond acceptors (Lipinski definition) is 2. The van der Waals surface area contributed by atoms with Crippen LogP contribution in [0.25, 0.3) is 0 Å². The molecule has 3 rings (SSSR count). The smallest absolute Gasteiger partial charge is 0.0551 e. The Hall–Kier alpha value is -1.44. The van der Waals surface area contributed by atoms with Crippen molar-refractivity contribution < 1.29 is 0 Å². The zero-order valence-corrected chi connectivity index (χ0v) is 12.0. The number of fused-ring (bicyclic) bond motifs is 1. The summed E-state index contributed by atoms with van der Waals surface area (Å²) < 4.78 is 0. The molecule has 1 unspecified atom stereocenters. The van der Waals surface area contributed by atoms with Crippen molar-refractivity contribution in [3.63, 3.8) is 0 Å². The molecule has 0 heterocycles. The summed E-state index contributed by atoms with van der Waals surface area (Å²) in [5, 5.41) is 0. The standard InChI is InChI=1S/C17H24N2/c1-10-12(7-6-11-4-5-11)13-8-15(18)16(19)9-14(13)17(10,2)3/h8-9,11-12H,1,4-7,18-19H2,2-3H3. The van der Waals surface area contributed by atoms with E-state index in [4.69, 9.17) is 11.5 Å². The normalized spacial score (nSPS) is 24.5. The van der Waals surface area contributed by atoms with Gasteiger partial charge in [-0.3, -0.25) is 0 Å². The lowest BCUT2D eigenvalue weighted by Gasteiger charge is -2.23. The Kier molecular flexibility index (Phi) is 2.67. The maximum absolute atomic E-state index is 6.00. The predicted octanol–water partition coefficient (Wildman–Crippen LogP) is 3.97. The predicted molar refractivity (Wildman–Crippen MR) is 82.1 cm³/mol. The summed E-state index contributed by atoms with van der Waals surface area (Å²) in [6.07, 6.45) is 5.37. The van der Waals surface area contributed by atoms with E-state index in [2.05, 4.69) is 32.6 Å². The van der Waals surface area contributed by atoms with Crippen LogP contribution in [-0.4, -0.2) is 0 Å². The fraction of sp³-hybridized carbons (Fsp3) is 0.529. The Bertz CT molecular complexity index is 538. The SMILES string of the molecule is C=C1C(CCC2CC2)c2cc(N)c(N)cc2C1(C)C. The second-order valence-electron chi connectivity index (χ2n) is 6.79. The number of hydrogen-bond donors (Lipinski definition) is 2. The van der Waals surface area contributed by atoms with Gasteiger partial charge in [-0.05, 0) is 42.0 Å². The molecular formula is C17H24N2. The van der Waals surface area contributed by atoms with Crippen LogP contribution < -0.4 is 11.5 Å². The van der Waals surface area contributed by atoms with Gasteiger partial charge in [0, 0.05) is 11.3 Å². The molecule has 2 heteroatoms. The second-order valence-corrected chi connectivity index (χ2v) is 6.79. The van der Waals surface area contributed by atoms with Crippen molar-refractivity contribution in [2.45, 2.75) is 50.9 Å². The van der Waals surface area contributed by atoms with Crippen LogP contribution in [0.5, 0.6) is 0 Å². The maximum Gasteiger partial charge on any atom is 0.0551 e. The minimum absolute atomic E-state index is 0.0192. The number of rotatable bonds is 3. The molecule has 1 fully saturated rings. The maximum atomic E-state index is 6.00. The van der Waals surface area contributed by atoms with Crippen molar-refractivity contribution in [3.8, 4) is 0 Å². The van der Waals surface area contributed by atoms with Gasteiger partial charge in [0.1, 0.15) is 0 Å². The topological polar surface area (TPSA) is 52.0 Å². The number of benzene rings is 1. The van der Waals surface area contributed by atoms with Crippen molar-refractivity contribution in [1.82, 2.24) is 0 Å². The van der Waals surface area contributed by atoms with E-state index in [-0.39, 0.29) is 5.41 Å². The van der Waals surface area contributed by atoms with E-state index in [9.17, 15) is 0 Å². The lowest BCUT2D eigenvalue weighted by Crippen LogP contribution is -2.16. The summed E-state index contributed by atoms with van der Waals surface area (Å²) in [6.45, 7) is 8.88. The van der Waals surface area contributed by atoms with Gasteiger partial charge in [-0.1, -0.05) is 38.8 Å². The quantitative estimate of drug-likeness (QED) is 0.635. The van der Waals surface area contributed by atoms with Gasteiger partial charge < -0.3 is 11.5 Å². The number of allylic oxidation sites excluding steroid dienone is 1. The number of nitrogens with two attached hydrogens (primary N) is 2. The zero-order valence-electron chi connectivity index (χ0n) is 12.0. The lowest BCUT2D eigenvalue weighted by molar-refractivity contribution is 0.567. The Labute approximate surface area is 115 Å². The average Bonchev–Trinajstić information content (AvgIpc) is 3.13. The minimum Gasteiger partial charge on any atom is -0.397 e. The molecule has 2 nitrogen and oxygen atoms in total. The Balaban J connectivity index is 1.99. The zero-order chi connectivity index (χ0) is 13.8. The third kappa shape index (κ3) is 1.94. The molecule has 0 bridgehead atoms. The van der Waals surface area contributed by atoms with Crippen molar-refractivity contribution in [2.75, 3.05) is 11.5 Å². The highest BCUT2D eigenvalue weighted by atomic mass is 14.7. The first-order chi connectivity index (χ1) is 8.91. The Morgan fingerprint density at radius 3 is 2.42 bits per heavy atom. The molecule has 0 aromatic heterocycles. The molecule has 2 aliphatic rings. The van der Waals surface area contributed by atoms with Gasteiger partial charge in [0.25, 0.3) is 0 Å². The Morgan fingerprint density at radius 1 is 1.16 bits per heavy atom. The van der Waals surface area contributed by atoms with E-state index in [1.165, 1.54) is 42.4 Å². The molecular weight excluding hydrogens is 232 g/mol. The van der Waals surface area contributed by atoms with Crippen LogP contribution in [0.3, 0.4) is 0 Å². The molecule has 1 aromatic rings. The lowest BCUT2D eigenvalue weighted by atomic mass is 9.81. The van der Waals surface area contributed by atoms with Gasteiger partial charge in [0.2, 0.25) is 0 Å². The molecule has 1 aromatic carbocycles. The van der Waals surface area contributed by atoms with Crippen molar-refractivity contribution in [2.24, 2.45) is 5.92 Å². The highest BCUT2D eigenvalue weighted by Crippen LogP contribution is 2.53. The van der Waals surface area contributed by atoms with Gasteiger partial charge in [-0.15, -0.1) is 0 Å². The van der Waals surface area contributed by atoms with Crippen LogP contribution in [0.2, 0.25) is 0 Å². The highest BCUT2D eigenvalue weighted by molar-refractivity contribution is 5.70. The first-order valence-corrected chi connectivity index (χ1v) is 7.30. The van der Waals surface area contributed by atoms with E-state index in [1.807, 2.05) is 0 Å². The highest BCUT2D eigenvalue weighted by Gasteiger charge is 2.41. The van der Waals surface area contributed by atoms with Crippen LogP contribution in [0.15, 0.2) is 24.3 Å². The average molecular weight is 256 g/mol. The largest absolute Gasteiger partial charge is 0.397 e. The molecule has 1 atom stereocenters. The molecule has 0 radical (unpaired) electrons. The first kappa shape index (κ1) is 12.6. The van der Waals surface area contributed by atoms with Gasteiger partial charge in [-0.2, -0.15) is 0 Å². The molecule has 102 valence electrons. The third-order valence-electron chi connectivity index (χ3n) is 5.09. The van der Waals surface area contributed by atoms with Crippen LogP contribution in [0.1, 0.15) is 56.6 Å². The van der Waals surface area contributed by atoms with E-state index in [0.29, 0.717) is 17.3 Å². The molecule has 2 aliphatic carbocycles. The number of nitrogen functional groups attached to an aromatic ring is 2. The van der Waals surface area contributed by atoms with Gasteiger partial charge in [0.15, 0.2) is 0 Å². The fourth-order valence-electron chi connectivity index (χ4n) is 3.42. The molecule has 0 amide bonds. The second kappa shape index (κ2) is 4.03. The van der Waals surface area contributed by atoms with E-state index >= 15 is 0 Å². The molecule has 4 N–H and O–H groups in total. The molecule has 0 spiro atoms. The van der Waals surface area contributed by atoms with Crippen LogP contribution in [0, 0.1) is 5.92 Å².